The molecule has 1 unspecified atom stereocenters. The van der Waals surface area contributed by atoms with Gasteiger partial charge in [-0.2, -0.15) is 0 Å². The average molecular weight is 374 g/mol. The number of nitrogens with two attached hydrogens (primary N) is 1. The number of hydrogen-bond donors (Lipinski definition) is 2. The van der Waals surface area contributed by atoms with Gasteiger partial charge in [0.05, 0.1) is 11.8 Å². The van der Waals surface area contributed by atoms with Crippen LogP contribution in [0, 0.1) is 5.92 Å². The molecule has 5 nitrogen and oxygen atoms in total. The Bertz CT molecular complexity index is 696. The summed E-state index contributed by atoms with van der Waals surface area (Å²) in [5, 5.41) is 13.0. The number of aromatic nitrogens is 1. The average Bonchev–Trinajstić information content (AvgIpc) is 3.10. The zero-order valence-corrected chi connectivity index (χ0v) is 15.8. The van der Waals surface area contributed by atoms with E-state index in [2.05, 4.69) is 17.1 Å². The number of carbonyl (C=O) groups excluding carboxylic acids is 1. The molecule has 2 aromatic rings. The minimum atomic E-state index is -0.287. The number of rotatable bonds is 7. The van der Waals surface area contributed by atoms with Gasteiger partial charge in [0.2, 0.25) is 5.91 Å². The van der Waals surface area contributed by atoms with Gasteiger partial charge >= 0.3 is 0 Å². The fourth-order valence-corrected chi connectivity index (χ4v) is 4.16. The van der Waals surface area contributed by atoms with Crippen molar-refractivity contribution < 1.29 is 9.90 Å². The molecule has 1 atom stereocenters. The molecule has 2 heterocycles. The van der Waals surface area contributed by atoms with Crippen molar-refractivity contribution in [2.24, 2.45) is 5.92 Å². The van der Waals surface area contributed by atoms with Crippen LogP contribution in [-0.2, 0) is 17.6 Å². The van der Waals surface area contributed by atoms with E-state index in [0.717, 1.165) is 44.5 Å². The molecule has 1 fully saturated rings. The summed E-state index contributed by atoms with van der Waals surface area (Å²) in [6.07, 6.45) is 4.28. The van der Waals surface area contributed by atoms with Crippen LogP contribution in [0.2, 0.25) is 0 Å². The fraction of sp³-hybridized carbons (Fsp3) is 0.500. The van der Waals surface area contributed by atoms with Crippen molar-refractivity contribution in [2.45, 2.75) is 44.6 Å². The lowest BCUT2D eigenvalue weighted by Crippen LogP contribution is -2.41. The van der Waals surface area contributed by atoms with Crippen molar-refractivity contribution >= 4 is 22.4 Å². The van der Waals surface area contributed by atoms with E-state index in [1.165, 1.54) is 16.9 Å². The van der Waals surface area contributed by atoms with E-state index in [1.807, 2.05) is 28.5 Å². The molecule has 1 aromatic heterocycles. The van der Waals surface area contributed by atoms with E-state index in [1.54, 1.807) is 0 Å². The van der Waals surface area contributed by atoms with Crippen molar-refractivity contribution in [1.29, 1.82) is 0 Å². The number of piperidine rings is 1. The summed E-state index contributed by atoms with van der Waals surface area (Å²) in [6, 6.07) is 10.3. The summed E-state index contributed by atoms with van der Waals surface area (Å²) in [5.74, 6) is 0.467. The maximum Gasteiger partial charge on any atom is 0.222 e. The second-order valence-corrected chi connectivity index (χ2v) is 7.88. The largest absolute Gasteiger partial charge is 0.393 e. The summed E-state index contributed by atoms with van der Waals surface area (Å²) >= 11 is 1.41. The Morgan fingerprint density at radius 3 is 2.65 bits per heavy atom. The van der Waals surface area contributed by atoms with Gasteiger partial charge in [-0.15, -0.1) is 11.3 Å². The molecule has 1 aliphatic heterocycles. The number of aliphatic hydroxyl groups excluding tert-OH is 1. The quantitative estimate of drug-likeness (QED) is 0.782. The number of amides is 1. The van der Waals surface area contributed by atoms with E-state index >= 15 is 0 Å². The zero-order valence-electron chi connectivity index (χ0n) is 15.0. The predicted molar refractivity (Wildman–Crippen MR) is 105 cm³/mol. The highest BCUT2D eigenvalue weighted by molar-refractivity contribution is 7.13. The van der Waals surface area contributed by atoms with Gasteiger partial charge in [-0.05, 0) is 43.6 Å². The Morgan fingerprint density at radius 1 is 1.27 bits per heavy atom. The van der Waals surface area contributed by atoms with E-state index in [0.29, 0.717) is 23.9 Å². The first-order valence-electron chi connectivity index (χ1n) is 9.31. The summed E-state index contributed by atoms with van der Waals surface area (Å²) in [7, 11) is 0. The van der Waals surface area contributed by atoms with Crippen LogP contribution in [0.15, 0.2) is 35.7 Å². The van der Waals surface area contributed by atoms with Crippen LogP contribution >= 0.6 is 11.3 Å². The molecule has 1 amide bonds. The molecule has 6 heteroatoms. The van der Waals surface area contributed by atoms with Crippen molar-refractivity contribution in [3.63, 3.8) is 0 Å². The third-order valence-corrected chi connectivity index (χ3v) is 5.90. The van der Waals surface area contributed by atoms with E-state index in [9.17, 15) is 9.90 Å². The number of aryl methyl sites for hydroxylation is 2. The first-order chi connectivity index (χ1) is 12.6. The molecule has 1 aliphatic rings. The second kappa shape index (κ2) is 9.14. The van der Waals surface area contributed by atoms with Crippen LogP contribution in [0.4, 0.5) is 5.13 Å². The zero-order chi connectivity index (χ0) is 18.4. The van der Waals surface area contributed by atoms with Crippen LogP contribution in [-0.4, -0.2) is 40.1 Å². The van der Waals surface area contributed by atoms with Crippen LogP contribution in [0.5, 0.6) is 0 Å². The summed E-state index contributed by atoms with van der Waals surface area (Å²) in [4.78, 5) is 18.5. The molecule has 26 heavy (non-hydrogen) atoms. The molecule has 3 N–H and O–H groups in total. The van der Waals surface area contributed by atoms with Gasteiger partial charge in [-0.1, -0.05) is 30.3 Å². The molecule has 1 aromatic carbocycles. The highest BCUT2D eigenvalue weighted by atomic mass is 32.1. The van der Waals surface area contributed by atoms with Crippen molar-refractivity contribution in [3.8, 4) is 0 Å². The lowest BCUT2D eigenvalue weighted by atomic mass is 9.88. The maximum atomic E-state index is 12.4. The lowest BCUT2D eigenvalue weighted by molar-refractivity contribution is -0.133. The fourth-order valence-electron chi connectivity index (χ4n) is 3.56. The molecule has 1 saturated heterocycles. The highest BCUT2D eigenvalue weighted by Crippen LogP contribution is 2.24. The number of carbonyl (C=O) groups is 1. The summed E-state index contributed by atoms with van der Waals surface area (Å²) in [5.41, 5.74) is 7.78. The van der Waals surface area contributed by atoms with Crippen LogP contribution < -0.4 is 5.73 Å². The monoisotopic (exact) mass is 373 g/mol. The van der Waals surface area contributed by atoms with Gasteiger partial charge in [0.15, 0.2) is 5.13 Å². The van der Waals surface area contributed by atoms with E-state index in [-0.39, 0.29) is 12.0 Å². The third-order valence-electron chi connectivity index (χ3n) is 5.17. The van der Waals surface area contributed by atoms with Crippen LogP contribution in [0.3, 0.4) is 0 Å². The van der Waals surface area contributed by atoms with Gasteiger partial charge in [-0.3, -0.25) is 4.79 Å². The summed E-state index contributed by atoms with van der Waals surface area (Å²) < 4.78 is 0. The third kappa shape index (κ3) is 5.29. The molecule has 0 radical (unpaired) electrons. The van der Waals surface area contributed by atoms with Gasteiger partial charge < -0.3 is 15.7 Å². The molecule has 0 spiro atoms. The molecule has 0 saturated carbocycles. The van der Waals surface area contributed by atoms with Crippen molar-refractivity contribution in [3.05, 3.63) is 47.0 Å². The number of likely N-dealkylation sites (tertiary alicyclic amines) is 1. The Labute approximate surface area is 158 Å². The Kier molecular flexibility index (Phi) is 6.63. The standard InChI is InChI=1S/C20H27N3O2S/c21-20-22-17(14-26-20)7-9-19(25)23-12-10-16(11-13-23)18(24)8-6-15-4-2-1-3-5-15/h1-5,14,16,18,24H,6-13H2,(H2,21,22). The highest BCUT2D eigenvalue weighted by Gasteiger charge is 2.27. The molecule has 0 aliphatic carbocycles. The van der Waals surface area contributed by atoms with Crippen LogP contribution in [0.25, 0.3) is 0 Å². The second-order valence-electron chi connectivity index (χ2n) is 6.99. The first kappa shape index (κ1) is 18.9. The molecule has 0 bridgehead atoms. The number of nitrogens with zero attached hydrogens (tertiary/aromatic N) is 2. The Hall–Kier alpha value is -1.92. The molecule has 3 rings (SSSR count). The number of nitrogen functional groups attached to an aromatic ring is 1. The number of aliphatic hydroxyl groups is 1. The van der Waals surface area contributed by atoms with Crippen molar-refractivity contribution in [2.75, 3.05) is 18.8 Å². The minimum Gasteiger partial charge on any atom is -0.393 e. The summed E-state index contributed by atoms with van der Waals surface area (Å²) in [6.45, 7) is 1.48. The van der Waals surface area contributed by atoms with E-state index in [4.69, 9.17) is 5.73 Å². The minimum absolute atomic E-state index is 0.175. The SMILES string of the molecule is Nc1nc(CCC(=O)N2CCC(C(O)CCc3ccccc3)CC2)cs1. The smallest absolute Gasteiger partial charge is 0.222 e. The Balaban J connectivity index is 1.38. The normalized spacial score (nSPS) is 16.6. The van der Waals surface area contributed by atoms with Gasteiger partial charge in [0.25, 0.3) is 0 Å². The van der Waals surface area contributed by atoms with E-state index < -0.39 is 0 Å². The molecular formula is C20H27N3O2S. The van der Waals surface area contributed by atoms with Crippen molar-refractivity contribution in [1.82, 2.24) is 9.88 Å². The predicted octanol–water partition coefficient (Wildman–Crippen LogP) is 2.89. The maximum absolute atomic E-state index is 12.4. The first-order valence-corrected chi connectivity index (χ1v) is 10.2. The number of thiazole rings is 1. The van der Waals surface area contributed by atoms with Crippen LogP contribution in [0.1, 0.15) is 36.9 Å². The number of hydrogen-bond acceptors (Lipinski definition) is 5. The number of anilines is 1. The lowest BCUT2D eigenvalue weighted by Gasteiger charge is -2.34. The molecule has 140 valence electrons. The Morgan fingerprint density at radius 2 is 2.00 bits per heavy atom. The van der Waals surface area contributed by atoms with Gasteiger partial charge in [-0.25, -0.2) is 4.98 Å². The van der Waals surface area contributed by atoms with Gasteiger partial charge in [0.1, 0.15) is 0 Å². The molecular weight excluding hydrogens is 346 g/mol. The topological polar surface area (TPSA) is 79.5 Å². The van der Waals surface area contributed by atoms with Gasteiger partial charge in [0, 0.05) is 24.9 Å². The number of benzene rings is 1.